The number of nitrogens with zero attached hydrogens (tertiary/aromatic N) is 7. The van der Waals surface area contributed by atoms with Crippen LogP contribution in [-0.2, 0) is 0 Å². The first-order valence-corrected chi connectivity index (χ1v) is 11.9. The normalized spacial score (nSPS) is 13.1. The van der Waals surface area contributed by atoms with E-state index in [1.54, 1.807) is 31.3 Å². The van der Waals surface area contributed by atoms with E-state index in [0.717, 1.165) is 11.5 Å². The number of hydrogen-bond donors (Lipinski definition) is 3. The van der Waals surface area contributed by atoms with Crippen LogP contribution in [0.25, 0.3) is 11.3 Å². The number of aryl methyl sites for hydroxylation is 1. The molecule has 4 aromatic rings. The van der Waals surface area contributed by atoms with Gasteiger partial charge in [0.2, 0.25) is 5.82 Å². The molecule has 12 heteroatoms. The molecule has 5 rings (SSSR count). The Bertz CT molecular complexity index is 1520. The number of nitrogens with two attached hydrogens (primary N) is 1. The Kier molecular flexibility index (Phi) is 6.99. The van der Waals surface area contributed by atoms with Crippen molar-refractivity contribution in [1.82, 2.24) is 30.6 Å². The molecule has 192 valence electrons. The van der Waals surface area contributed by atoms with Crippen molar-refractivity contribution in [3.63, 3.8) is 0 Å². The van der Waals surface area contributed by atoms with Gasteiger partial charge in [-0.25, -0.2) is 9.97 Å². The van der Waals surface area contributed by atoms with E-state index in [1.807, 2.05) is 18.2 Å². The number of benzene rings is 1. The molecule has 0 aliphatic carbocycles. The fraction of sp³-hybridized carbons (Fsp3) is 0.231. The summed E-state index contributed by atoms with van der Waals surface area (Å²) in [5.74, 6) is 7.52. The van der Waals surface area contributed by atoms with Gasteiger partial charge in [-0.05, 0) is 37.1 Å². The smallest absolute Gasteiger partial charge is 0.257 e. The Labute approximate surface area is 218 Å². The summed E-state index contributed by atoms with van der Waals surface area (Å²) in [6.07, 6.45) is 3.04. The van der Waals surface area contributed by atoms with E-state index in [0.29, 0.717) is 60.4 Å². The van der Waals surface area contributed by atoms with Crippen LogP contribution in [0.2, 0.25) is 0 Å². The van der Waals surface area contributed by atoms with Gasteiger partial charge in [-0.3, -0.25) is 4.79 Å². The second-order valence-electron chi connectivity index (χ2n) is 8.51. The highest BCUT2D eigenvalue weighted by molar-refractivity contribution is 5.94. The average Bonchev–Trinajstić information content (AvgIpc) is 3.38. The molecule has 12 nitrogen and oxygen atoms in total. The molecule has 38 heavy (non-hydrogen) atoms. The predicted molar refractivity (Wildman–Crippen MR) is 140 cm³/mol. The van der Waals surface area contributed by atoms with Crippen molar-refractivity contribution in [3.8, 4) is 28.8 Å². The van der Waals surface area contributed by atoms with Gasteiger partial charge in [0.05, 0.1) is 24.1 Å². The van der Waals surface area contributed by atoms with Crippen molar-refractivity contribution in [3.05, 3.63) is 65.9 Å². The van der Waals surface area contributed by atoms with Crippen molar-refractivity contribution in [2.24, 2.45) is 0 Å². The lowest BCUT2D eigenvalue weighted by molar-refractivity contribution is 0.0957. The standard InChI is InChI=1S/C26H25N9O3/c1-17-19(16-30-38-17)26(37)29-9-4-7-23-28-10-8-24(31-23)35-13-11-34(12-14-35)21-15-20(32-33-25(21)27)18-5-2-3-6-22(18)36/h2-3,5-6,8,10,15-16,36H,9,11-14H2,1H3,(H2,27,33)(H,29,37). The number of nitrogens with one attached hydrogen (secondary N) is 1. The van der Waals surface area contributed by atoms with Gasteiger partial charge in [0.1, 0.15) is 22.9 Å². The molecule has 3 aromatic heterocycles. The van der Waals surface area contributed by atoms with Gasteiger partial charge in [-0.2, -0.15) is 0 Å². The monoisotopic (exact) mass is 511 g/mol. The molecular weight excluding hydrogens is 486 g/mol. The molecule has 0 atom stereocenters. The highest BCUT2D eigenvalue weighted by atomic mass is 16.5. The van der Waals surface area contributed by atoms with E-state index in [9.17, 15) is 9.90 Å². The van der Waals surface area contributed by atoms with Crippen LogP contribution in [0.4, 0.5) is 17.3 Å². The number of hydrogen-bond acceptors (Lipinski definition) is 11. The van der Waals surface area contributed by atoms with Gasteiger partial charge in [0, 0.05) is 37.9 Å². The summed E-state index contributed by atoms with van der Waals surface area (Å²) in [7, 11) is 0. The summed E-state index contributed by atoms with van der Waals surface area (Å²) in [4.78, 5) is 25.2. The zero-order valence-electron chi connectivity index (χ0n) is 20.6. The molecule has 1 fully saturated rings. The van der Waals surface area contributed by atoms with E-state index < -0.39 is 0 Å². The zero-order chi connectivity index (χ0) is 26.5. The second kappa shape index (κ2) is 10.8. The molecule has 4 N–H and O–H groups in total. The molecule has 0 saturated carbocycles. The fourth-order valence-electron chi connectivity index (χ4n) is 4.09. The molecule has 1 amide bonds. The first kappa shape index (κ1) is 24.5. The summed E-state index contributed by atoms with van der Waals surface area (Å²) in [5, 5.41) is 24.8. The van der Waals surface area contributed by atoms with E-state index >= 15 is 0 Å². The molecule has 0 unspecified atom stereocenters. The number of carbonyl (C=O) groups is 1. The van der Waals surface area contributed by atoms with E-state index in [1.165, 1.54) is 6.20 Å². The highest BCUT2D eigenvalue weighted by Crippen LogP contribution is 2.31. The molecule has 1 aromatic carbocycles. The quantitative estimate of drug-likeness (QED) is 0.334. The van der Waals surface area contributed by atoms with Gasteiger partial charge in [0.25, 0.3) is 5.91 Å². The van der Waals surface area contributed by atoms with Gasteiger partial charge in [0.15, 0.2) is 5.82 Å². The number of anilines is 3. The number of phenolic OH excluding ortho intramolecular Hbond substituents is 1. The van der Waals surface area contributed by atoms with Crippen LogP contribution in [0.1, 0.15) is 21.9 Å². The van der Waals surface area contributed by atoms with Gasteiger partial charge < -0.3 is 30.5 Å². The third kappa shape index (κ3) is 5.31. The lowest BCUT2D eigenvalue weighted by atomic mass is 10.1. The minimum absolute atomic E-state index is 0.137. The third-order valence-electron chi connectivity index (χ3n) is 6.10. The summed E-state index contributed by atoms with van der Waals surface area (Å²) in [6, 6.07) is 10.7. The first-order chi connectivity index (χ1) is 18.5. The van der Waals surface area contributed by atoms with Gasteiger partial charge >= 0.3 is 0 Å². The highest BCUT2D eigenvalue weighted by Gasteiger charge is 2.22. The van der Waals surface area contributed by atoms with Crippen molar-refractivity contribution in [2.45, 2.75) is 6.92 Å². The number of carbonyl (C=O) groups excluding carboxylic acids is 1. The van der Waals surface area contributed by atoms with Crippen LogP contribution in [0.15, 0.2) is 53.3 Å². The lowest BCUT2D eigenvalue weighted by Gasteiger charge is -2.36. The molecule has 0 radical (unpaired) electrons. The van der Waals surface area contributed by atoms with Crippen LogP contribution in [0, 0.1) is 18.8 Å². The molecule has 0 spiro atoms. The first-order valence-electron chi connectivity index (χ1n) is 11.9. The summed E-state index contributed by atoms with van der Waals surface area (Å²) in [5.41, 5.74) is 8.46. The zero-order valence-corrected chi connectivity index (χ0v) is 20.6. The number of piperazine rings is 1. The largest absolute Gasteiger partial charge is 0.507 e. The molecule has 4 heterocycles. The molecule has 0 bridgehead atoms. The van der Waals surface area contributed by atoms with Crippen LogP contribution in [0.3, 0.4) is 0 Å². The SMILES string of the molecule is Cc1oncc1C(=O)NCC#Cc1nccc(N2CCN(c3cc(-c4ccccc4O)nnc3N)CC2)n1. The Hall–Kier alpha value is -5.18. The maximum atomic E-state index is 12.1. The van der Waals surface area contributed by atoms with Crippen molar-refractivity contribution >= 4 is 23.2 Å². The van der Waals surface area contributed by atoms with Gasteiger partial charge in [-0.15, -0.1) is 10.2 Å². The maximum Gasteiger partial charge on any atom is 0.257 e. The van der Waals surface area contributed by atoms with Crippen LogP contribution < -0.4 is 20.9 Å². The fourth-order valence-corrected chi connectivity index (χ4v) is 4.09. The molecular formula is C26H25N9O3. The van der Waals surface area contributed by atoms with Crippen LogP contribution in [0.5, 0.6) is 5.75 Å². The summed E-state index contributed by atoms with van der Waals surface area (Å²) >= 11 is 0. The van der Waals surface area contributed by atoms with Crippen LogP contribution >= 0.6 is 0 Å². The summed E-state index contributed by atoms with van der Waals surface area (Å²) < 4.78 is 4.90. The lowest BCUT2D eigenvalue weighted by Crippen LogP contribution is -2.47. The number of nitrogen functional groups attached to an aromatic ring is 1. The predicted octanol–water partition coefficient (Wildman–Crippen LogP) is 1.63. The number of amides is 1. The number of aromatic hydroxyl groups is 1. The third-order valence-corrected chi connectivity index (χ3v) is 6.10. The van der Waals surface area contributed by atoms with Crippen molar-refractivity contribution in [2.75, 3.05) is 48.3 Å². The maximum absolute atomic E-state index is 12.1. The van der Waals surface area contributed by atoms with E-state index in [2.05, 4.69) is 52.3 Å². The van der Waals surface area contributed by atoms with E-state index in [-0.39, 0.29) is 18.2 Å². The topological polar surface area (TPSA) is 159 Å². The number of para-hydroxylation sites is 1. The Morgan fingerprint density at radius 2 is 1.95 bits per heavy atom. The van der Waals surface area contributed by atoms with Crippen LogP contribution in [-0.4, -0.2) is 69.1 Å². The number of aromatic nitrogens is 5. The molecule has 1 aliphatic heterocycles. The molecule has 1 saturated heterocycles. The number of rotatable bonds is 5. The van der Waals surface area contributed by atoms with Crippen molar-refractivity contribution in [1.29, 1.82) is 0 Å². The van der Waals surface area contributed by atoms with E-state index in [4.69, 9.17) is 10.3 Å². The average molecular weight is 512 g/mol. The molecule has 1 aliphatic rings. The second-order valence-corrected chi connectivity index (χ2v) is 8.51. The Balaban J connectivity index is 1.21. The Morgan fingerprint density at radius 3 is 2.71 bits per heavy atom. The van der Waals surface area contributed by atoms with Crippen molar-refractivity contribution < 1.29 is 14.4 Å². The summed E-state index contributed by atoms with van der Waals surface area (Å²) in [6.45, 7) is 4.59. The minimum Gasteiger partial charge on any atom is -0.507 e. The Morgan fingerprint density at radius 1 is 1.16 bits per heavy atom. The van der Waals surface area contributed by atoms with Gasteiger partial charge in [-0.1, -0.05) is 23.2 Å². The minimum atomic E-state index is -0.302. The number of phenols is 1.